The Morgan fingerprint density at radius 1 is 1.15 bits per heavy atom. The standard InChI is InChI=1S/C25H22ClFN6O/c1-32(2)12-11-29-24-21(26)13-20(23(27)30-24)22-18-5-3-4-6-19(18)25(34)33(31-22)15-17-9-7-16(14-28)8-10-17/h3-10,13H,11-12,15H2,1-2H3,(H,29,30). The number of fused-ring (bicyclic) bond motifs is 1. The number of anilines is 1. The van der Waals surface area contributed by atoms with Gasteiger partial charge in [-0.15, -0.1) is 0 Å². The lowest BCUT2D eigenvalue weighted by Gasteiger charge is -2.14. The molecule has 0 aliphatic heterocycles. The Kier molecular flexibility index (Phi) is 6.87. The van der Waals surface area contributed by atoms with Crippen molar-refractivity contribution in [2.75, 3.05) is 32.5 Å². The molecule has 2 aromatic carbocycles. The van der Waals surface area contributed by atoms with Gasteiger partial charge in [0.2, 0.25) is 5.95 Å². The lowest BCUT2D eigenvalue weighted by atomic mass is 10.1. The number of nitrogens with zero attached hydrogens (tertiary/aromatic N) is 5. The summed E-state index contributed by atoms with van der Waals surface area (Å²) in [6.45, 7) is 1.44. The lowest BCUT2D eigenvalue weighted by molar-refractivity contribution is 0.425. The first-order chi connectivity index (χ1) is 16.4. The largest absolute Gasteiger partial charge is 0.367 e. The van der Waals surface area contributed by atoms with Crippen molar-refractivity contribution in [2.45, 2.75) is 6.54 Å². The van der Waals surface area contributed by atoms with E-state index >= 15 is 4.39 Å². The number of aromatic nitrogens is 3. The number of nitrogens with one attached hydrogen (secondary N) is 1. The zero-order valence-corrected chi connectivity index (χ0v) is 19.5. The molecule has 0 spiro atoms. The van der Waals surface area contributed by atoms with E-state index < -0.39 is 5.95 Å². The summed E-state index contributed by atoms with van der Waals surface area (Å²) in [7, 11) is 3.87. The van der Waals surface area contributed by atoms with Gasteiger partial charge in [-0.25, -0.2) is 9.67 Å². The number of pyridine rings is 1. The Hall–Kier alpha value is -3.80. The Labute approximate surface area is 201 Å². The maximum absolute atomic E-state index is 15.2. The number of rotatable bonds is 7. The monoisotopic (exact) mass is 476 g/mol. The topological polar surface area (TPSA) is 86.8 Å². The number of benzene rings is 2. The van der Waals surface area contributed by atoms with Crippen molar-refractivity contribution in [1.29, 1.82) is 5.26 Å². The van der Waals surface area contributed by atoms with Gasteiger partial charge in [-0.05, 0) is 43.9 Å². The molecular weight excluding hydrogens is 455 g/mol. The van der Waals surface area contributed by atoms with Crippen molar-refractivity contribution in [3.63, 3.8) is 0 Å². The van der Waals surface area contributed by atoms with Crippen LogP contribution < -0.4 is 10.9 Å². The van der Waals surface area contributed by atoms with Gasteiger partial charge in [0.05, 0.1) is 34.1 Å². The van der Waals surface area contributed by atoms with Crippen LogP contribution in [0.2, 0.25) is 5.02 Å². The number of hydrogen-bond donors (Lipinski definition) is 1. The molecule has 34 heavy (non-hydrogen) atoms. The number of likely N-dealkylation sites (N-methyl/N-ethyl adjacent to an activating group) is 1. The third-order valence-corrected chi connectivity index (χ3v) is 5.61. The molecule has 0 saturated heterocycles. The maximum atomic E-state index is 15.2. The molecule has 172 valence electrons. The molecule has 0 aliphatic rings. The van der Waals surface area contributed by atoms with Gasteiger partial charge in [0.25, 0.3) is 5.56 Å². The fraction of sp³-hybridized carbons (Fsp3) is 0.200. The molecule has 0 radical (unpaired) electrons. The highest BCUT2D eigenvalue weighted by Crippen LogP contribution is 2.31. The minimum Gasteiger partial charge on any atom is -0.367 e. The van der Waals surface area contributed by atoms with Crippen molar-refractivity contribution in [2.24, 2.45) is 0 Å². The fourth-order valence-electron chi connectivity index (χ4n) is 3.55. The molecule has 0 fully saturated rings. The zero-order chi connectivity index (χ0) is 24.2. The molecule has 0 bridgehead atoms. The van der Waals surface area contributed by atoms with Crippen molar-refractivity contribution in [3.8, 4) is 17.3 Å². The van der Waals surface area contributed by atoms with Gasteiger partial charge < -0.3 is 10.2 Å². The highest BCUT2D eigenvalue weighted by Gasteiger charge is 2.19. The molecule has 0 aliphatic carbocycles. The second-order valence-electron chi connectivity index (χ2n) is 8.05. The number of halogens is 2. The first kappa shape index (κ1) is 23.4. The van der Waals surface area contributed by atoms with E-state index in [0.717, 1.165) is 12.1 Å². The van der Waals surface area contributed by atoms with Crippen LogP contribution in [0.1, 0.15) is 11.1 Å². The van der Waals surface area contributed by atoms with Gasteiger partial charge in [0.1, 0.15) is 11.5 Å². The van der Waals surface area contributed by atoms with E-state index in [2.05, 4.69) is 21.5 Å². The van der Waals surface area contributed by atoms with Crippen LogP contribution in [0.3, 0.4) is 0 Å². The predicted molar refractivity (Wildman–Crippen MR) is 132 cm³/mol. The molecule has 7 nitrogen and oxygen atoms in total. The molecule has 9 heteroatoms. The van der Waals surface area contributed by atoms with Crippen LogP contribution in [0.5, 0.6) is 0 Å². The van der Waals surface area contributed by atoms with Crippen molar-refractivity contribution in [1.82, 2.24) is 19.7 Å². The minimum absolute atomic E-state index is 0.105. The van der Waals surface area contributed by atoms with Crippen LogP contribution in [0.15, 0.2) is 59.4 Å². The number of hydrogen-bond acceptors (Lipinski definition) is 6. The first-order valence-electron chi connectivity index (χ1n) is 10.6. The molecule has 0 amide bonds. The summed E-state index contributed by atoms with van der Waals surface area (Å²) < 4.78 is 16.5. The quantitative estimate of drug-likeness (QED) is 0.403. The first-order valence-corrected chi connectivity index (χ1v) is 11.0. The Morgan fingerprint density at radius 3 is 2.53 bits per heavy atom. The van der Waals surface area contributed by atoms with Gasteiger partial charge in [-0.2, -0.15) is 14.8 Å². The molecule has 0 atom stereocenters. The van der Waals surface area contributed by atoms with E-state index in [0.29, 0.717) is 22.9 Å². The van der Waals surface area contributed by atoms with E-state index in [-0.39, 0.29) is 34.2 Å². The third-order valence-electron chi connectivity index (χ3n) is 5.32. The van der Waals surface area contributed by atoms with Crippen LogP contribution in [0, 0.1) is 17.3 Å². The molecule has 4 aromatic rings. The SMILES string of the molecule is CN(C)CCNc1nc(F)c(-c2nn(Cc3ccc(C#N)cc3)c(=O)c3ccccc23)cc1Cl. The minimum atomic E-state index is -0.738. The Bertz CT molecular complexity index is 1440. The van der Waals surface area contributed by atoms with Gasteiger partial charge in [-0.1, -0.05) is 41.9 Å². The van der Waals surface area contributed by atoms with Gasteiger partial charge in [-0.3, -0.25) is 4.79 Å². The molecule has 0 unspecified atom stereocenters. The summed E-state index contributed by atoms with van der Waals surface area (Å²) in [5, 5.41) is 17.7. The number of nitriles is 1. The summed E-state index contributed by atoms with van der Waals surface area (Å²) in [5.74, 6) is -0.488. The van der Waals surface area contributed by atoms with Gasteiger partial charge >= 0.3 is 0 Å². The summed E-state index contributed by atoms with van der Waals surface area (Å²) in [6, 6.07) is 17.3. The van der Waals surface area contributed by atoms with Gasteiger partial charge in [0.15, 0.2) is 0 Å². The molecule has 0 saturated carbocycles. The fourth-order valence-corrected chi connectivity index (χ4v) is 3.77. The second kappa shape index (κ2) is 10.00. The predicted octanol–water partition coefficient (Wildman–Crippen LogP) is 4.14. The smallest absolute Gasteiger partial charge is 0.274 e. The Morgan fingerprint density at radius 2 is 1.85 bits per heavy atom. The van der Waals surface area contributed by atoms with E-state index in [1.807, 2.05) is 19.0 Å². The molecule has 2 aromatic heterocycles. The van der Waals surface area contributed by atoms with Crippen LogP contribution >= 0.6 is 11.6 Å². The summed E-state index contributed by atoms with van der Waals surface area (Å²) in [4.78, 5) is 19.1. The van der Waals surface area contributed by atoms with E-state index in [1.165, 1.54) is 10.7 Å². The molecule has 2 heterocycles. The second-order valence-corrected chi connectivity index (χ2v) is 8.46. The summed E-state index contributed by atoms with van der Waals surface area (Å²) in [5.41, 5.74) is 1.38. The van der Waals surface area contributed by atoms with Crippen LogP contribution in [0.4, 0.5) is 10.2 Å². The molecular formula is C25H22ClFN6O. The highest BCUT2D eigenvalue weighted by molar-refractivity contribution is 6.33. The Balaban J connectivity index is 1.79. The van der Waals surface area contributed by atoms with E-state index in [4.69, 9.17) is 16.9 Å². The van der Waals surface area contributed by atoms with Crippen LogP contribution in [-0.2, 0) is 6.54 Å². The highest BCUT2D eigenvalue weighted by atomic mass is 35.5. The van der Waals surface area contributed by atoms with Gasteiger partial charge in [0, 0.05) is 18.5 Å². The van der Waals surface area contributed by atoms with Crippen molar-refractivity contribution < 1.29 is 4.39 Å². The van der Waals surface area contributed by atoms with E-state index in [9.17, 15) is 4.79 Å². The lowest BCUT2D eigenvalue weighted by Crippen LogP contribution is -2.24. The third kappa shape index (κ3) is 4.91. The van der Waals surface area contributed by atoms with Crippen molar-refractivity contribution >= 4 is 28.2 Å². The molecule has 4 rings (SSSR count). The molecule has 1 N–H and O–H groups in total. The maximum Gasteiger partial charge on any atom is 0.274 e. The summed E-state index contributed by atoms with van der Waals surface area (Å²) in [6.07, 6.45) is 0. The van der Waals surface area contributed by atoms with E-state index in [1.54, 1.807) is 48.5 Å². The average Bonchev–Trinajstić information content (AvgIpc) is 2.83. The van der Waals surface area contributed by atoms with Crippen LogP contribution in [0.25, 0.3) is 22.0 Å². The van der Waals surface area contributed by atoms with Crippen LogP contribution in [-0.4, -0.2) is 46.8 Å². The normalized spacial score (nSPS) is 11.1. The zero-order valence-electron chi connectivity index (χ0n) is 18.7. The summed E-state index contributed by atoms with van der Waals surface area (Å²) >= 11 is 6.42. The average molecular weight is 477 g/mol. The van der Waals surface area contributed by atoms with Crippen molar-refractivity contribution in [3.05, 3.63) is 87.0 Å².